The van der Waals surface area contributed by atoms with Gasteiger partial charge in [0.15, 0.2) is 6.10 Å². The first kappa shape index (κ1) is 18.8. The lowest BCUT2D eigenvalue weighted by atomic mass is 10.1. The second-order valence-electron chi connectivity index (χ2n) is 6.31. The fourth-order valence-corrected chi connectivity index (χ4v) is 2.89. The van der Waals surface area contributed by atoms with Gasteiger partial charge in [0.05, 0.1) is 5.56 Å². The number of ether oxygens (including phenoxy) is 1. The third-order valence-electron chi connectivity index (χ3n) is 4.22. The van der Waals surface area contributed by atoms with E-state index in [-0.39, 0.29) is 17.5 Å². The molecular weight excluding hydrogens is 322 g/mol. The number of hydrogen-bond donors (Lipinski definition) is 3. The van der Waals surface area contributed by atoms with Crippen LogP contribution < -0.4 is 16.4 Å². The van der Waals surface area contributed by atoms with E-state index in [1.165, 1.54) is 18.9 Å². The largest absolute Gasteiger partial charge is 0.449 e. The minimum absolute atomic E-state index is 0.152. The SMILES string of the molecule is C[C@H](OC(=O)c1cccc(NC(N)=O)c1)C(=O)NC1CCCCCC1. The van der Waals surface area contributed by atoms with Gasteiger partial charge in [0.2, 0.25) is 0 Å². The molecule has 1 fully saturated rings. The van der Waals surface area contributed by atoms with E-state index in [9.17, 15) is 14.4 Å². The molecule has 1 aliphatic carbocycles. The van der Waals surface area contributed by atoms with E-state index in [1.807, 2.05) is 0 Å². The van der Waals surface area contributed by atoms with Gasteiger partial charge >= 0.3 is 12.0 Å². The molecule has 0 bridgehead atoms. The number of benzene rings is 1. The van der Waals surface area contributed by atoms with Crippen molar-refractivity contribution in [2.24, 2.45) is 5.73 Å². The highest BCUT2D eigenvalue weighted by Gasteiger charge is 2.22. The molecule has 2 rings (SSSR count). The lowest BCUT2D eigenvalue weighted by molar-refractivity contribution is -0.129. The fraction of sp³-hybridized carbons (Fsp3) is 0.500. The van der Waals surface area contributed by atoms with Crippen LogP contribution >= 0.6 is 0 Å². The van der Waals surface area contributed by atoms with Crippen LogP contribution in [0.1, 0.15) is 55.8 Å². The summed E-state index contributed by atoms with van der Waals surface area (Å²) in [6.07, 6.45) is 5.67. The van der Waals surface area contributed by atoms with E-state index in [0.29, 0.717) is 5.69 Å². The molecule has 1 atom stereocenters. The maximum absolute atomic E-state index is 12.2. The minimum atomic E-state index is -0.886. The average Bonchev–Trinajstić information content (AvgIpc) is 2.83. The van der Waals surface area contributed by atoms with Crippen LogP contribution in [0, 0.1) is 0 Å². The molecule has 1 aromatic carbocycles. The molecule has 0 spiro atoms. The predicted molar refractivity (Wildman–Crippen MR) is 94.2 cm³/mol. The maximum Gasteiger partial charge on any atom is 0.338 e. The third-order valence-corrected chi connectivity index (χ3v) is 4.22. The van der Waals surface area contributed by atoms with Gasteiger partial charge in [-0.25, -0.2) is 9.59 Å². The van der Waals surface area contributed by atoms with Crippen molar-refractivity contribution in [2.75, 3.05) is 5.32 Å². The normalized spacial score (nSPS) is 16.4. The van der Waals surface area contributed by atoms with Gasteiger partial charge < -0.3 is 21.1 Å². The molecule has 0 radical (unpaired) electrons. The average molecular weight is 347 g/mol. The van der Waals surface area contributed by atoms with Crippen LogP contribution in [0.5, 0.6) is 0 Å². The number of nitrogens with one attached hydrogen (secondary N) is 2. The first-order valence-electron chi connectivity index (χ1n) is 8.63. The Morgan fingerprint density at radius 2 is 1.84 bits per heavy atom. The summed E-state index contributed by atoms with van der Waals surface area (Å²) < 4.78 is 5.24. The van der Waals surface area contributed by atoms with Gasteiger partial charge in [0.25, 0.3) is 5.91 Å². The Morgan fingerprint density at radius 3 is 2.48 bits per heavy atom. The maximum atomic E-state index is 12.2. The van der Waals surface area contributed by atoms with Gasteiger partial charge in [-0.1, -0.05) is 31.7 Å². The van der Waals surface area contributed by atoms with Gasteiger partial charge in [-0.15, -0.1) is 0 Å². The van der Waals surface area contributed by atoms with Crippen LogP contribution in [0.15, 0.2) is 24.3 Å². The number of esters is 1. The predicted octanol–water partition coefficient (Wildman–Crippen LogP) is 2.56. The zero-order chi connectivity index (χ0) is 18.2. The molecule has 0 saturated heterocycles. The summed E-state index contributed by atoms with van der Waals surface area (Å²) in [4.78, 5) is 35.3. The van der Waals surface area contributed by atoms with E-state index in [1.54, 1.807) is 25.1 Å². The van der Waals surface area contributed by atoms with Crippen LogP contribution in [-0.4, -0.2) is 30.1 Å². The van der Waals surface area contributed by atoms with Crippen molar-refractivity contribution in [3.05, 3.63) is 29.8 Å². The number of amides is 3. The molecule has 7 heteroatoms. The first-order valence-corrected chi connectivity index (χ1v) is 8.63. The van der Waals surface area contributed by atoms with Crippen LogP contribution in [0.25, 0.3) is 0 Å². The van der Waals surface area contributed by atoms with Crippen molar-refractivity contribution in [3.63, 3.8) is 0 Å². The fourth-order valence-electron chi connectivity index (χ4n) is 2.89. The van der Waals surface area contributed by atoms with Crippen LogP contribution in [0.4, 0.5) is 10.5 Å². The molecule has 1 aliphatic rings. The van der Waals surface area contributed by atoms with E-state index < -0.39 is 18.1 Å². The number of nitrogens with two attached hydrogens (primary N) is 1. The number of rotatable bonds is 5. The van der Waals surface area contributed by atoms with E-state index in [0.717, 1.165) is 25.7 Å². The topological polar surface area (TPSA) is 111 Å². The Bertz CT molecular complexity index is 625. The van der Waals surface area contributed by atoms with E-state index in [2.05, 4.69) is 10.6 Å². The van der Waals surface area contributed by atoms with Gasteiger partial charge in [0.1, 0.15) is 0 Å². The summed E-state index contributed by atoms with van der Waals surface area (Å²) >= 11 is 0. The van der Waals surface area contributed by atoms with E-state index >= 15 is 0 Å². The summed E-state index contributed by atoms with van der Waals surface area (Å²) in [5.74, 6) is -0.914. The van der Waals surface area contributed by atoms with Crippen molar-refractivity contribution in [1.29, 1.82) is 0 Å². The van der Waals surface area contributed by atoms with Gasteiger partial charge in [0, 0.05) is 11.7 Å². The second-order valence-corrected chi connectivity index (χ2v) is 6.31. The summed E-state index contributed by atoms with van der Waals surface area (Å²) in [6.45, 7) is 1.55. The highest BCUT2D eigenvalue weighted by molar-refractivity contribution is 5.95. The van der Waals surface area contributed by atoms with Crippen molar-refractivity contribution in [1.82, 2.24) is 5.32 Å². The van der Waals surface area contributed by atoms with Crippen molar-refractivity contribution in [2.45, 2.75) is 57.6 Å². The Morgan fingerprint density at radius 1 is 1.16 bits per heavy atom. The number of carbonyl (C=O) groups is 3. The molecule has 1 aromatic rings. The Labute approximate surface area is 147 Å². The Balaban J connectivity index is 1.90. The molecule has 3 amide bonds. The molecule has 25 heavy (non-hydrogen) atoms. The highest BCUT2D eigenvalue weighted by atomic mass is 16.5. The van der Waals surface area contributed by atoms with Crippen LogP contribution in [0.2, 0.25) is 0 Å². The van der Waals surface area contributed by atoms with Crippen molar-refractivity contribution < 1.29 is 19.1 Å². The number of hydrogen-bond acceptors (Lipinski definition) is 4. The summed E-state index contributed by atoms with van der Waals surface area (Å²) in [7, 11) is 0. The Hall–Kier alpha value is -2.57. The molecule has 1 saturated carbocycles. The summed E-state index contributed by atoms with van der Waals surface area (Å²) in [5, 5.41) is 5.35. The monoisotopic (exact) mass is 347 g/mol. The molecule has 0 aromatic heterocycles. The standard InChI is InChI=1S/C18H25N3O4/c1-12(16(22)20-14-8-4-2-3-5-9-14)25-17(23)13-7-6-10-15(11-13)21-18(19)24/h6-7,10-12,14H,2-5,8-9H2,1H3,(H,20,22)(H3,19,21,24)/t12-/m0/s1. The molecule has 7 nitrogen and oxygen atoms in total. The van der Waals surface area contributed by atoms with Gasteiger partial charge in [-0.05, 0) is 38.0 Å². The number of carbonyl (C=O) groups excluding carboxylic acids is 3. The van der Waals surface area contributed by atoms with Crippen molar-refractivity contribution >= 4 is 23.6 Å². The molecule has 0 unspecified atom stereocenters. The molecule has 0 heterocycles. The highest BCUT2D eigenvalue weighted by Crippen LogP contribution is 2.17. The summed E-state index contributed by atoms with van der Waals surface area (Å²) in [5.41, 5.74) is 5.67. The van der Waals surface area contributed by atoms with Gasteiger partial charge in [-0.3, -0.25) is 4.79 Å². The molecular formula is C18H25N3O4. The lowest BCUT2D eigenvalue weighted by Crippen LogP contribution is -2.41. The smallest absolute Gasteiger partial charge is 0.338 e. The summed E-state index contributed by atoms with van der Waals surface area (Å²) in [6, 6.07) is 5.62. The van der Waals surface area contributed by atoms with Crippen molar-refractivity contribution in [3.8, 4) is 0 Å². The zero-order valence-electron chi connectivity index (χ0n) is 14.4. The molecule has 136 valence electrons. The lowest BCUT2D eigenvalue weighted by Gasteiger charge is -2.19. The third kappa shape index (κ3) is 6.10. The van der Waals surface area contributed by atoms with Crippen LogP contribution in [-0.2, 0) is 9.53 Å². The van der Waals surface area contributed by atoms with Crippen LogP contribution in [0.3, 0.4) is 0 Å². The zero-order valence-corrected chi connectivity index (χ0v) is 14.4. The number of anilines is 1. The molecule has 4 N–H and O–H groups in total. The Kier molecular flexibility index (Phi) is 6.80. The van der Waals surface area contributed by atoms with Gasteiger partial charge in [-0.2, -0.15) is 0 Å². The van der Waals surface area contributed by atoms with E-state index in [4.69, 9.17) is 10.5 Å². The number of urea groups is 1. The quantitative estimate of drug-likeness (QED) is 0.561. The molecule has 0 aliphatic heterocycles. The first-order chi connectivity index (χ1) is 12.0. The number of primary amides is 1. The second kappa shape index (κ2) is 9.05. The minimum Gasteiger partial charge on any atom is -0.449 e.